The molecule has 6 heteroatoms. The van der Waals surface area contributed by atoms with Gasteiger partial charge in [0.2, 0.25) is 0 Å². The SMILES string of the molecule is COCCn1cnc(C)c1C(=O)NN. The highest BCUT2D eigenvalue weighted by atomic mass is 16.5. The average Bonchev–Trinajstić information content (AvgIpc) is 2.55. The van der Waals surface area contributed by atoms with E-state index >= 15 is 0 Å². The predicted molar refractivity (Wildman–Crippen MR) is 50.5 cm³/mol. The molecule has 0 unspecified atom stereocenters. The Labute approximate surface area is 82.0 Å². The molecule has 0 aliphatic rings. The number of nitrogens with zero attached hydrogens (tertiary/aromatic N) is 2. The second-order valence-corrected chi connectivity index (χ2v) is 2.84. The molecule has 0 saturated carbocycles. The lowest BCUT2D eigenvalue weighted by Crippen LogP contribution is -2.32. The highest BCUT2D eigenvalue weighted by Crippen LogP contribution is 2.05. The highest BCUT2D eigenvalue weighted by molar-refractivity contribution is 5.93. The van der Waals surface area contributed by atoms with Crippen molar-refractivity contribution in [3.05, 3.63) is 17.7 Å². The van der Waals surface area contributed by atoms with Crippen LogP contribution < -0.4 is 11.3 Å². The number of carbonyl (C=O) groups excluding carboxylic acids is 1. The van der Waals surface area contributed by atoms with E-state index in [0.29, 0.717) is 24.5 Å². The second-order valence-electron chi connectivity index (χ2n) is 2.84. The van der Waals surface area contributed by atoms with Crippen LogP contribution in [-0.4, -0.2) is 29.2 Å². The smallest absolute Gasteiger partial charge is 0.283 e. The Morgan fingerprint density at radius 2 is 2.50 bits per heavy atom. The Morgan fingerprint density at radius 3 is 3.07 bits per heavy atom. The zero-order valence-corrected chi connectivity index (χ0v) is 8.28. The van der Waals surface area contributed by atoms with Crippen molar-refractivity contribution in [2.45, 2.75) is 13.5 Å². The van der Waals surface area contributed by atoms with Crippen molar-refractivity contribution in [2.75, 3.05) is 13.7 Å². The summed E-state index contributed by atoms with van der Waals surface area (Å²) in [4.78, 5) is 15.4. The fourth-order valence-electron chi connectivity index (χ4n) is 1.21. The molecule has 1 heterocycles. The summed E-state index contributed by atoms with van der Waals surface area (Å²) in [6, 6.07) is 0. The molecule has 0 saturated heterocycles. The van der Waals surface area contributed by atoms with E-state index in [1.807, 2.05) is 0 Å². The highest BCUT2D eigenvalue weighted by Gasteiger charge is 2.14. The Morgan fingerprint density at radius 1 is 1.79 bits per heavy atom. The number of nitrogen functional groups attached to an aromatic ring is 1. The Balaban J connectivity index is 2.88. The van der Waals surface area contributed by atoms with Crippen molar-refractivity contribution < 1.29 is 9.53 Å². The van der Waals surface area contributed by atoms with Crippen LogP contribution in [0.1, 0.15) is 16.2 Å². The number of amides is 1. The third-order valence-electron chi connectivity index (χ3n) is 1.90. The summed E-state index contributed by atoms with van der Waals surface area (Å²) in [5.41, 5.74) is 3.22. The van der Waals surface area contributed by atoms with E-state index in [1.54, 1.807) is 24.9 Å². The first-order valence-electron chi connectivity index (χ1n) is 4.22. The van der Waals surface area contributed by atoms with E-state index in [9.17, 15) is 4.79 Å². The minimum Gasteiger partial charge on any atom is -0.383 e. The summed E-state index contributed by atoms with van der Waals surface area (Å²) < 4.78 is 6.62. The van der Waals surface area contributed by atoms with Crippen molar-refractivity contribution in [3.63, 3.8) is 0 Å². The van der Waals surface area contributed by atoms with Gasteiger partial charge in [0.1, 0.15) is 5.69 Å². The summed E-state index contributed by atoms with van der Waals surface area (Å²) >= 11 is 0. The van der Waals surface area contributed by atoms with Crippen LogP contribution in [0, 0.1) is 6.92 Å². The first-order valence-corrected chi connectivity index (χ1v) is 4.22. The number of hydrogen-bond acceptors (Lipinski definition) is 4. The molecule has 3 N–H and O–H groups in total. The molecule has 0 bridgehead atoms. The van der Waals surface area contributed by atoms with Crippen LogP contribution >= 0.6 is 0 Å². The minimum absolute atomic E-state index is 0.337. The molecule has 78 valence electrons. The Hall–Kier alpha value is -1.40. The maximum Gasteiger partial charge on any atom is 0.283 e. The first kappa shape index (κ1) is 10.7. The molecule has 0 atom stereocenters. The van der Waals surface area contributed by atoms with Gasteiger partial charge in [0.15, 0.2) is 0 Å². The third kappa shape index (κ3) is 2.09. The molecule has 0 spiro atoms. The van der Waals surface area contributed by atoms with Crippen LogP contribution in [0.25, 0.3) is 0 Å². The van der Waals surface area contributed by atoms with Gasteiger partial charge in [-0.15, -0.1) is 0 Å². The van der Waals surface area contributed by atoms with Gasteiger partial charge in [0, 0.05) is 13.7 Å². The molecular weight excluding hydrogens is 184 g/mol. The standard InChI is InChI=1S/C8H14N4O2/c1-6-7(8(13)11-9)12(5-10-6)3-4-14-2/h5H,3-4,9H2,1-2H3,(H,11,13). The Bertz CT molecular complexity index is 321. The number of aromatic nitrogens is 2. The predicted octanol–water partition coefficient (Wildman–Crippen LogP) is -0.559. The number of hydrazine groups is 1. The molecule has 1 rings (SSSR count). The summed E-state index contributed by atoms with van der Waals surface area (Å²) in [6.45, 7) is 2.87. The molecule has 0 aromatic carbocycles. The van der Waals surface area contributed by atoms with Crippen molar-refractivity contribution in [2.24, 2.45) is 5.84 Å². The fraction of sp³-hybridized carbons (Fsp3) is 0.500. The van der Waals surface area contributed by atoms with Crippen molar-refractivity contribution in [1.29, 1.82) is 0 Å². The fourth-order valence-corrected chi connectivity index (χ4v) is 1.21. The molecule has 1 aromatic heterocycles. The number of rotatable bonds is 4. The van der Waals surface area contributed by atoms with Gasteiger partial charge >= 0.3 is 0 Å². The molecule has 0 fully saturated rings. The van der Waals surface area contributed by atoms with Crippen LogP contribution in [0.3, 0.4) is 0 Å². The van der Waals surface area contributed by atoms with E-state index in [-0.39, 0.29) is 5.91 Å². The molecule has 0 radical (unpaired) electrons. The van der Waals surface area contributed by atoms with Gasteiger partial charge in [-0.3, -0.25) is 10.2 Å². The summed E-state index contributed by atoms with van der Waals surface area (Å²) in [7, 11) is 1.60. The second kappa shape index (κ2) is 4.73. The molecule has 1 aromatic rings. The number of carbonyl (C=O) groups is 1. The normalized spacial score (nSPS) is 10.2. The number of imidazole rings is 1. The van der Waals surface area contributed by atoms with Gasteiger partial charge in [-0.25, -0.2) is 10.8 Å². The quantitative estimate of drug-likeness (QED) is 0.386. The van der Waals surface area contributed by atoms with E-state index in [1.165, 1.54) is 0 Å². The van der Waals surface area contributed by atoms with Crippen LogP contribution in [0.2, 0.25) is 0 Å². The van der Waals surface area contributed by atoms with Gasteiger partial charge in [0.05, 0.1) is 18.6 Å². The Kier molecular flexibility index (Phi) is 3.61. The number of aryl methyl sites for hydroxylation is 1. The lowest BCUT2D eigenvalue weighted by atomic mass is 10.3. The molecule has 1 amide bonds. The van der Waals surface area contributed by atoms with Crippen molar-refractivity contribution in [3.8, 4) is 0 Å². The summed E-state index contributed by atoms with van der Waals surface area (Å²) in [5.74, 6) is 4.72. The summed E-state index contributed by atoms with van der Waals surface area (Å²) in [6.07, 6.45) is 1.60. The van der Waals surface area contributed by atoms with E-state index in [0.717, 1.165) is 0 Å². The number of methoxy groups -OCH3 is 1. The maximum absolute atomic E-state index is 11.3. The van der Waals surface area contributed by atoms with Gasteiger partial charge < -0.3 is 9.30 Å². The lowest BCUT2D eigenvalue weighted by molar-refractivity contribution is 0.0941. The monoisotopic (exact) mass is 198 g/mol. The van der Waals surface area contributed by atoms with Crippen LogP contribution in [-0.2, 0) is 11.3 Å². The van der Waals surface area contributed by atoms with Crippen LogP contribution in [0.5, 0.6) is 0 Å². The topological polar surface area (TPSA) is 82.2 Å². The van der Waals surface area contributed by atoms with Crippen molar-refractivity contribution >= 4 is 5.91 Å². The zero-order valence-electron chi connectivity index (χ0n) is 8.28. The van der Waals surface area contributed by atoms with E-state index < -0.39 is 0 Å². The lowest BCUT2D eigenvalue weighted by Gasteiger charge is -2.06. The number of nitrogens with two attached hydrogens (primary N) is 1. The van der Waals surface area contributed by atoms with Gasteiger partial charge in [-0.1, -0.05) is 0 Å². The van der Waals surface area contributed by atoms with Crippen LogP contribution in [0.4, 0.5) is 0 Å². The van der Waals surface area contributed by atoms with Gasteiger partial charge in [0.25, 0.3) is 5.91 Å². The molecule has 0 aliphatic carbocycles. The first-order chi connectivity index (χ1) is 6.70. The maximum atomic E-state index is 11.3. The van der Waals surface area contributed by atoms with E-state index in [2.05, 4.69) is 10.4 Å². The number of nitrogens with one attached hydrogen (secondary N) is 1. The molecule has 0 aliphatic heterocycles. The van der Waals surface area contributed by atoms with Gasteiger partial charge in [-0.2, -0.15) is 0 Å². The number of ether oxygens (including phenoxy) is 1. The number of hydrogen-bond donors (Lipinski definition) is 2. The average molecular weight is 198 g/mol. The summed E-state index contributed by atoms with van der Waals surface area (Å²) in [5, 5.41) is 0. The molecule has 14 heavy (non-hydrogen) atoms. The molecular formula is C8H14N4O2. The van der Waals surface area contributed by atoms with Gasteiger partial charge in [-0.05, 0) is 6.92 Å². The zero-order chi connectivity index (χ0) is 10.6. The van der Waals surface area contributed by atoms with E-state index in [4.69, 9.17) is 10.6 Å². The van der Waals surface area contributed by atoms with Crippen molar-refractivity contribution in [1.82, 2.24) is 15.0 Å². The third-order valence-corrected chi connectivity index (χ3v) is 1.90. The minimum atomic E-state index is -0.337. The molecule has 6 nitrogen and oxygen atoms in total. The van der Waals surface area contributed by atoms with Crippen LogP contribution in [0.15, 0.2) is 6.33 Å². The largest absolute Gasteiger partial charge is 0.383 e.